The van der Waals surface area contributed by atoms with E-state index in [0.717, 1.165) is 105 Å². The van der Waals surface area contributed by atoms with E-state index in [2.05, 4.69) is 38.3 Å². The molecule has 2 aliphatic heterocycles. The molecule has 1 aromatic carbocycles. The summed E-state index contributed by atoms with van der Waals surface area (Å²) in [6, 6.07) is 10.1. The highest BCUT2D eigenvalue weighted by atomic mass is 16.5. The van der Waals surface area contributed by atoms with Gasteiger partial charge in [0.25, 0.3) is 0 Å². The van der Waals surface area contributed by atoms with Gasteiger partial charge in [0.05, 0.1) is 33.5 Å². The van der Waals surface area contributed by atoms with E-state index in [1.54, 1.807) is 7.11 Å². The summed E-state index contributed by atoms with van der Waals surface area (Å²) in [6.45, 7) is 13.7. The van der Waals surface area contributed by atoms with Crippen LogP contribution >= 0.6 is 0 Å². The van der Waals surface area contributed by atoms with Crippen molar-refractivity contribution in [2.24, 2.45) is 0 Å². The number of rotatable bonds is 14. The molecule has 3 heterocycles. The minimum atomic E-state index is 0.586. The van der Waals surface area contributed by atoms with E-state index < -0.39 is 0 Å². The molecule has 0 bridgehead atoms. The van der Waals surface area contributed by atoms with Gasteiger partial charge in [0.1, 0.15) is 24.8 Å². The van der Waals surface area contributed by atoms with Crippen LogP contribution in [0.2, 0.25) is 0 Å². The average Bonchev–Trinajstić information content (AvgIpc) is 3.03. The van der Waals surface area contributed by atoms with Crippen molar-refractivity contribution in [1.29, 1.82) is 0 Å². The predicted molar refractivity (Wildman–Crippen MR) is 162 cm³/mol. The third-order valence-electron chi connectivity index (χ3n) is 7.15. The molecule has 0 unspecified atom stereocenters. The van der Waals surface area contributed by atoms with E-state index in [0.29, 0.717) is 13.2 Å². The van der Waals surface area contributed by atoms with Crippen LogP contribution in [-0.2, 0) is 14.2 Å². The van der Waals surface area contributed by atoms with Crippen LogP contribution in [0.25, 0.3) is 11.1 Å². The molecule has 0 spiro atoms. The lowest BCUT2D eigenvalue weighted by Crippen LogP contribution is -2.39. The molecule has 41 heavy (non-hydrogen) atoms. The van der Waals surface area contributed by atoms with Gasteiger partial charge in [-0.3, -0.25) is 9.80 Å². The molecule has 2 aliphatic rings. The molecule has 0 saturated carbocycles. The standard InChI is InChI=1S/C32H44N4O5/c1-4-26(29(5-2)37-3)10-11-33-32-9-7-28(25-34-32)27-6-8-30(40-22-16-35-12-18-38-19-13-35)31(24-27)41-23-17-36-14-20-39-21-15-36/h4-11,24-25H,12-23H2,1-3H3,(H,33,34)/b11-10+,26-4-,29-5+. The summed E-state index contributed by atoms with van der Waals surface area (Å²) in [5.41, 5.74) is 3.02. The van der Waals surface area contributed by atoms with Crippen molar-refractivity contribution in [1.82, 2.24) is 14.8 Å². The summed E-state index contributed by atoms with van der Waals surface area (Å²) >= 11 is 0. The minimum absolute atomic E-state index is 0.586. The normalized spacial score (nSPS) is 17.5. The number of morpholine rings is 2. The highest BCUT2D eigenvalue weighted by Gasteiger charge is 2.14. The van der Waals surface area contributed by atoms with Gasteiger partial charge in [0.2, 0.25) is 0 Å². The lowest BCUT2D eigenvalue weighted by atomic mass is 10.1. The molecule has 222 valence electrons. The molecule has 1 N–H and O–H groups in total. The smallest absolute Gasteiger partial charge is 0.161 e. The first-order valence-electron chi connectivity index (χ1n) is 14.5. The molecule has 4 rings (SSSR count). The fourth-order valence-electron chi connectivity index (χ4n) is 4.73. The summed E-state index contributed by atoms with van der Waals surface area (Å²) in [5, 5.41) is 3.24. The molecule has 0 aliphatic carbocycles. The number of aromatic nitrogens is 1. The Labute approximate surface area is 244 Å². The Bertz CT molecular complexity index is 1150. The number of methoxy groups -OCH3 is 1. The Morgan fingerprint density at radius 1 is 0.854 bits per heavy atom. The number of hydrogen-bond acceptors (Lipinski definition) is 9. The fraction of sp³-hybridized carbons (Fsp3) is 0.469. The first-order chi connectivity index (χ1) is 20.2. The second-order valence-corrected chi connectivity index (χ2v) is 9.78. The Balaban J connectivity index is 1.40. The third-order valence-corrected chi connectivity index (χ3v) is 7.15. The van der Waals surface area contributed by atoms with Crippen molar-refractivity contribution in [3.8, 4) is 22.6 Å². The lowest BCUT2D eigenvalue weighted by molar-refractivity contribution is 0.0305. The minimum Gasteiger partial charge on any atom is -0.496 e. The number of allylic oxidation sites excluding steroid dienone is 3. The van der Waals surface area contributed by atoms with E-state index >= 15 is 0 Å². The van der Waals surface area contributed by atoms with Crippen LogP contribution in [-0.4, -0.2) is 101 Å². The second-order valence-electron chi connectivity index (χ2n) is 9.78. The lowest BCUT2D eigenvalue weighted by Gasteiger charge is -2.27. The van der Waals surface area contributed by atoms with Crippen LogP contribution in [0.15, 0.2) is 72.3 Å². The van der Waals surface area contributed by atoms with Crippen molar-refractivity contribution < 1.29 is 23.7 Å². The van der Waals surface area contributed by atoms with Gasteiger partial charge in [-0.15, -0.1) is 0 Å². The molecular weight excluding hydrogens is 520 g/mol. The number of nitrogens with zero attached hydrogens (tertiary/aromatic N) is 3. The van der Waals surface area contributed by atoms with Gasteiger partial charge >= 0.3 is 0 Å². The van der Waals surface area contributed by atoms with Gasteiger partial charge in [-0.05, 0) is 55.8 Å². The Hall–Kier alpha value is -3.37. The molecule has 9 heteroatoms. The maximum Gasteiger partial charge on any atom is 0.161 e. The van der Waals surface area contributed by atoms with E-state index in [9.17, 15) is 0 Å². The van der Waals surface area contributed by atoms with Crippen molar-refractivity contribution in [3.05, 3.63) is 72.3 Å². The Morgan fingerprint density at radius 2 is 1.49 bits per heavy atom. The number of anilines is 1. The van der Waals surface area contributed by atoms with Gasteiger partial charge in [-0.1, -0.05) is 12.1 Å². The van der Waals surface area contributed by atoms with Crippen LogP contribution in [0.1, 0.15) is 13.8 Å². The molecule has 2 aromatic rings. The Kier molecular flexibility index (Phi) is 12.5. The molecule has 0 radical (unpaired) electrons. The van der Waals surface area contributed by atoms with Crippen LogP contribution in [0.4, 0.5) is 5.82 Å². The van der Waals surface area contributed by atoms with Crippen LogP contribution in [0.5, 0.6) is 11.5 Å². The molecule has 2 saturated heterocycles. The summed E-state index contributed by atoms with van der Waals surface area (Å²) < 4.78 is 28.8. The maximum atomic E-state index is 6.29. The zero-order valence-corrected chi connectivity index (χ0v) is 24.6. The molecule has 2 fully saturated rings. The SMILES string of the molecule is C/C=C(/C=C/Nc1ccc(-c2ccc(OCCN3CCOCC3)c(OCCN3CCOCC3)c2)cn1)C(=C/C)\OC. The van der Waals surface area contributed by atoms with Crippen LogP contribution in [0.3, 0.4) is 0 Å². The van der Waals surface area contributed by atoms with Gasteiger partial charge in [0.15, 0.2) is 11.5 Å². The number of nitrogens with one attached hydrogen (secondary N) is 1. The van der Waals surface area contributed by atoms with E-state index in [-0.39, 0.29) is 0 Å². The Morgan fingerprint density at radius 3 is 2.05 bits per heavy atom. The van der Waals surface area contributed by atoms with Gasteiger partial charge in [-0.25, -0.2) is 4.98 Å². The van der Waals surface area contributed by atoms with Crippen LogP contribution < -0.4 is 14.8 Å². The van der Waals surface area contributed by atoms with Crippen LogP contribution in [0, 0.1) is 0 Å². The summed E-state index contributed by atoms with van der Waals surface area (Å²) in [6.07, 6.45) is 9.64. The number of benzene rings is 1. The van der Waals surface area contributed by atoms with E-state index in [4.69, 9.17) is 23.7 Å². The van der Waals surface area contributed by atoms with Crippen molar-refractivity contribution >= 4 is 5.82 Å². The first-order valence-corrected chi connectivity index (χ1v) is 14.5. The fourth-order valence-corrected chi connectivity index (χ4v) is 4.73. The molecular formula is C32H44N4O5. The summed E-state index contributed by atoms with van der Waals surface area (Å²) in [7, 11) is 1.67. The van der Waals surface area contributed by atoms with E-state index in [1.165, 1.54) is 0 Å². The number of ether oxygens (including phenoxy) is 5. The highest BCUT2D eigenvalue weighted by molar-refractivity contribution is 5.67. The summed E-state index contributed by atoms with van der Waals surface area (Å²) in [4.78, 5) is 9.34. The number of pyridine rings is 1. The largest absolute Gasteiger partial charge is 0.496 e. The number of hydrogen-bond donors (Lipinski definition) is 1. The quantitative estimate of drug-likeness (QED) is 0.262. The molecule has 9 nitrogen and oxygen atoms in total. The van der Waals surface area contributed by atoms with Gasteiger partial charge < -0.3 is 29.0 Å². The second kappa shape index (κ2) is 16.8. The van der Waals surface area contributed by atoms with E-state index in [1.807, 2.05) is 56.6 Å². The summed E-state index contributed by atoms with van der Waals surface area (Å²) in [5.74, 6) is 3.09. The molecule has 1 aromatic heterocycles. The molecule has 0 amide bonds. The average molecular weight is 565 g/mol. The van der Waals surface area contributed by atoms with Crippen molar-refractivity contribution in [3.63, 3.8) is 0 Å². The topological polar surface area (TPSA) is 77.6 Å². The van der Waals surface area contributed by atoms with Crippen molar-refractivity contribution in [2.75, 3.05) is 91.3 Å². The van der Waals surface area contributed by atoms with Crippen molar-refractivity contribution in [2.45, 2.75) is 13.8 Å². The maximum absolute atomic E-state index is 6.29. The van der Waals surface area contributed by atoms with Gasteiger partial charge in [-0.2, -0.15) is 0 Å². The predicted octanol–water partition coefficient (Wildman–Crippen LogP) is 4.59. The highest BCUT2D eigenvalue weighted by Crippen LogP contribution is 2.33. The van der Waals surface area contributed by atoms with Gasteiger partial charge in [0, 0.05) is 62.8 Å². The zero-order chi connectivity index (χ0) is 28.7. The molecule has 0 atom stereocenters. The monoisotopic (exact) mass is 564 g/mol. The third kappa shape index (κ3) is 9.60. The first kappa shape index (κ1) is 30.6. The zero-order valence-electron chi connectivity index (χ0n) is 24.6.